The molecule has 0 bridgehead atoms. The number of methoxy groups -OCH3 is 1. The van der Waals surface area contributed by atoms with Crippen molar-refractivity contribution in [2.45, 2.75) is 5.92 Å². The van der Waals surface area contributed by atoms with E-state index < -0.39 is 23.8 Å². The number of hydrogen-bond donors (Lipinski definition) is 0. The molecule has 6 heteroatoms. The lowest BCUT2D eigenvalue weighted by molar-refractivity contribution is -0.332. The maximum Gasteiger partial charge on any atom is 0.131 e. The van der Waals surface area contributed by atoms with Crippen LogP contribution in [0, 0.1) is 5.92 Å². The molecule has 3 rings (SSSR count). The van der Waals surface area contributed by atoms with E-state index in [0.29, 0.717) is 28.4 Å². The van der Waals surface area contributed by atoms with Crippen molar-refractivity contribution in [2.75, 3.05) is 7.11 Å². The molecular formula is C17H12O6-2. The molecule has 0 spiro atoms. The first-order chi connectivity index (χ1) is 11.0. The van der Waals surface area contributed by atoms with E-state index >= 15 is 0 Å². The molecule has 1 atom stereocenters. The summed E-state index contributed by atoms with van der Waals surface area (Å²) < 4.78 is 10.9. The Morgan fingerprint density at radius 1 is 1.04 bits per heavy atom. The van der Waals surface area contributed by atoms with Gasteiger partial charge < -0.3 is 29.3 Å². The van der Waals surface area contributed by atoms with Gasteiger partial charge in [-0.15, -0.1) is 0 Å². The third-order valence-corrected chi connectivity index (χ3v) is 3.87. The Morgan fingerprint density at radius 2 is 1.70 bits per heavy atom. The van der Waals surface area contributed by atoms with Crippen LogP contribution in [0.1, 0.15) is 17.0 Å². The number of para-hydroxylation sites is 1. The molecule has 2 aromatic carbocycles. The molecule has 1 heterocycles. The van der Waals surface area contributed by atoms with E-state index in [4.69, 9.17) is 9.47 Å². The summed E-state index contributed by atoms with van der Waals surface area (Å²) in [5, 5.41) is 22.8. The normalized spacial score (nSPS) is 15.3. The minimum atomic E-state index is -1.84. The fraction of sp³-hybridized carbons (Fsp3) is 0.176. The Bertz CT molecular complexity index is 768. The van der Waals surface area contributed by atoms with Gasteiger partial charge in [-0.3, -0.25) is 0 Å². The van der Waals surface area contributed by atoms with Gasteiger partial charge in [0.25, 0.3) is 0 Å². The molecule has 6 nitrogen and oxygen atoms in total. The molecule has 0 fully saturated rings. The van der Waals surface area contributed by atoms with Crippen molar-refractivity contribution in [3.8, 4) is 17.2 Å². The summed E-state index contributed by atoms with van der Waals surface area (Å²) in [5.41, 5.74) is 0.855. The zero-order valence-corrected chi connectivity index (χ0v) is 12.1. The third-order valence-electron chi connectivity index (χ3n) is 3.87. The highest BCUT2D eigenvalue weighted by atomic mass is 16.5. The van der Waals surface area contributed by atoms with E-state index in [1.165, 1.54) is 7.11 Å². The predicted molar refractivity (Wildman–Crippen MR) is 74.9 cm³/mol. The SMILES string of the molecule is COc1ccc2c(c1)[C@@H](C(C(=O)[O-])C(=O)[O-])c1ccccc1O2. The maximum atomic E-state index is 11.4. The summed E-state index contributed by atoms with van der Waals surface area (Å²) in [6.07, 6.45) is 0. The lowest BCUT2D eigenvalue weighted by Crippen LogP contribution is -2.47. The predicted octanol–water partition coefficient (Wildman–Crippen LogP) is 0.0488. The topological polar surface area (TPSA) is 98.7 Å². The van der Waals surface area contributed by atoms with Crippen LogP contribution in [0.15, 0.2) is 42.5 Å². The number of aliphatic carboxylic acids is 2. The zero-order chi connectivity index (χ0) is 16.6. The van der Waals surface area contributed by atoms with Gasteiger partial charge in [0, 0.05) is 23.0 Å². The summed E-state index contributed by atoms with van der Waals surface area (Å²) in [6.45, 7) is 0. The second kappa shape index (κ2) is 5.64. The summed E-state index contributed by atoms with van der Waals surface area (Å²) in [5.74, 6) is -5.00. The van der Waals surface area contributed by atoms with Crippen LogP contribution in [0.5, 0.6) is 17.2 Å². The van der Waals surface area contributed by atoms with Crippen molar-refractivity contribution < 1.29 is 29.3 Å². The van der Waals surface area contributed by atoms with Gasteiger partial charge in [0.15, 0.2) is 0 Å². The molecule has 0 saturated heterocycles. The zero-order valence-electron chi connectivity index (χ0n) is 12.1. The van der Waals surface area contributed by atoms with E-state index in [1.807, 2.05) is 0 Å². The van der Waals surface area contributed by atoms with Gasteiger partial charge in [-0.1, -0.05) is 18.2 Å². The van der Waals surface area contributed by atoms with Crippen LogP contribution in [0.25, 0.3) is 0 Å². The lowest BCUT2D eigenvalue weighted by Gasteiger charge is -2.35. The van der Waals surface area contributed by atoms with E-state index in [1.54, 1.807) is 42.5 Å². The van der Waals surface area contributed by atoms with Crippen LogP contribution in [-0.4, -0.2) is 19.0 Å². The smallest absolute Gasteiger partial charge is 0.131 e. The average Bonchev–Trinajstić information content (AvgIpc) is 2.53. The van der Waals surface area contributed by atoms with Gasteiger partial charge in [0.2, 0.25) is 0 Å². The minimum Gasteiger partial charge on any atom is -0.549 e. The molecule has 1 aliphatic heterocycles. The highest BCUT2D eigenvalue weighted by Crippen LogP contribution is 2.48. The van der Waals surface area contributed by atoms with Gasteiger partial charge in [-0.05, 0) is 24.3 Å². The van der Waals surface area contributed by atoms with Crippen LogP contribution in [-0.2, 0) is 9.59 Å². The van der Waals surface area contributed by atoms with E-state index in [2.05, 4.69) is 0 Å². The van der Waals surface area contributed by atoms with Crippen molar-refractivity contribution in [1.29, 1.82) is 0 Å². The molecule has 0 unspecified atom stereocenters. The van der Waals surface area contributed by atoms with Gasteiger partial charge in [-0.25, -0.2) is 0 Å². The standard InChI is InChI=1S/C17H14O6/c1-22-9-6-7-13-11(8-9)14(15(16(18)19)17(20)21)10-4-2-3-5-12(10)23-13/h2-8,14-15H,1H3,(H,18,19)(H,20,21)/p-2/t14-/m0/s1. The van der Waals surface area contributed by atoms with Crippen LogP contribution in [0.2, 0.25) is 0 Å². The summed E-state index contributed by atoms with van der Waals surface area (Å²) in [4.78, 5) is 22.8. The Kier molecular flexibility index (Phi) is 3.65. The molecule has 0 saturated carbocycles. The molecule has 0 radical (unpaired) electrons. The quantitative estimate of drug-likeness (QED) is 0.740. The first kappa shape index (κ1) is 14.9. The van der Waals surface area contributed by atoms with Crippen molar-refractivity contribution in [1.82, 2.24) is 0 Å². The van der Waals surface area contributed by atoms with Crippen molar-refractivity contribution in [2.24, 2.45) is 5.92 Å². The number of carbonyl (C=O) groups is 2. The number of carbonyl (C=O) groups excluding carboxylic acids is 2. The van der Waals surface area contributed by atoms with Gasteiger partial charge in [0.1, 0.15) is 17.2 Å². The molecule has 1 aliphatic rings. The summed E-state index contributed by atoms with van der Waals surface area (Å²) >= 11 is 0. The van der Waals surface area contributed by atoms with Crippen LogP contribution in [0.4, 0.5) is 0 Å². The van der Waals surface area contributed by atoms with Crippen LogP contribution in [0.3, 0.4) is 0 Å². The van der Waals surface area contributed by atoms with Gasteiger partial charge >= 0.3 is 0 Å². The number of fused-ring (bicyclic) bond motifs is 2. The van der Waals surface area contributed by atoms with E-state index in [0.717, 1.165) is 0 Å². The Morgan fingerprint density at radius 3 is 2.35 bits per heavy atom. The van der Waals surface area contributed by atoms with Crippen molar-refractivity contribution in [3.63, 3.8) is 0 Å². The van der Waals surface area contributed by atoms with E-state index in [-0.39, 0.29) is 0 Å². The summed E-state index contributed by atoms with van der Waals surface area (Å²) in [7, 11) is 1.46. The number of carboxylic acids is 2. The third kappa shape index (κ3) is 2.48. The molecule has 0 aliphatic carbocycles. The van der Waals surface area contributed by atoms with Crippen LogP contribution < -0.4 is 19.7 Å². The van der Waals surface area contributed by atoms with Crippen LogP contribution >= 0.6 is 0 Å². The molecule has 0 amide bonds. The van der Waals surface area contributed by atoms with Gasteiger partial charge in [-0.2, -0.15) is 0 Å². The number of hydrogen-bond acceptors (Lipinski definition) is 6. The highest BCUT2D eigenvalue weighted by Gasteiger charge is 2.35. The largest absolute Gasteiger partial charge is 0.549 e. The monoisotopic (exact) mass is 312 g/mol. The number of carboxylic acid groups (broad SMARTS) is 2. The fourth-order valence-electron chi connectivity index (χ4n) is 2.83. The molecule has 0 N–H and O–H groups in total. The Labute approximate surface area is 131 Å². The van der Waals surface area contributed by atoms with Crippen molar-refractivity contribution >= 4 is 11.9 Å². The Balaban J connectivity index is 2.24. The van der Waals surface area contributed by atoms with Crippen molar-refractivity contribution in [3.05, 3.63) is 53.6 Å². The molecular weight excluding hydrogens is 300 g/mol. The first-order valence-corrected chi connectivity index (χ1v) is 6.89. The number of rotatable bonds is 4. The average molecular weight is 312 g/mol. The lowest BCUT2D eigenvalue weighted by atomic mass is 9.78. The molecule has 0 aromatic heterocycles. The highest BCUT2D eigenvalue weighted by molar-refractivity contribution is 5.93. The molecule has 118 valence electrons. The number of ether oxygens (including phenoxy) is 2. The maximum absolute atomic E-state index is 11.4. The number of benzene rings is 2. The molecule has 23 heavy (non-hydrogen) atoms. The fourth-order valence-corrected chi connectivity index (χ4v) is 2.83. The van der Waals surface area contributed by atoms with E-state index in [9.17, 15) is 19.8 Å². The van der Waals surface area contributed by atoms with Gasteiger partial charge in [0.05, 0.1) is 19.0 Å². The minimum absolute atomic E-state index is 0.377. The molecule has 2 aromatic rings. The summed E-state index contributed by atoms with van der Waals surface area (Å²) in [6, 6.07) is 11.5. The first-order valence-electron chi connectivity index (χ1n) is 6.89. The second-order valence-electron chi connectivity index (χ2n) is 5.14. The Hall–Kier alpha value is -3.02. The second-order valence-corrected chi connectivity index (χ2v) is 5.14.